The molecule has 3 aliphatic carbocycles. The highest BCUT2D eigenvalue weighted by atomic mass is 16.5. The molecule has 43 heavy (non-hydrogen) atoms. The molecule has 0 aliphatic heterocycles. The number of amides is 1. The third-order valence-electron chi connectivity index (χ3n) is 10.3. The first-order valence-electron chi connectivity index (χ1n) is 16.9. The summed E-state index contributed by atoms with van der Waals surface area (Å²) >= 11 is 0. The highest BCUT2D eigenvalue weighted by molar-refractivity contribution is 5.76. The van der Waals surface area contributed by atoms with E-state index in [0.717, 1.165) is 57.4 Å². The predicted molar refractivity (Wildman–Crippen MR) is 172 cm³/mol. The number of hydrogen-bond donors (Lipinski definition) is 1. The van der Waals surface area contributed by atoms with E-state index in [1.807, 2.05) is 6.07 Å². The van der Waals surface area contributed by atoms with E-state index in [0.29, 0.717) is 23.5 Å². The summed E-state index contributed by atoms with van der Waals surface area (Å²) in [5, 5.41) is 3.21. The summed E-state index contributed by atoms with van der Waals surface area (Å²) in [6, 6.07) is 15.1. The highest BCUT2D eigenvalue weighted by Gasteiger charge is 2.47. The van der Waals surface area contributed by atoms with Crippen LogP contribution in [0.3, 0.4) is 0 Å². The molecule has 6 atom stereocenters. The van der Waals surface area contributed by atoms with Crippen LogP contribution >= 0.6 is 0 Å². The molecule has 1 N–H and O–H groups in total. The zero-order chi connectivity index (χ0) is 30.3. The van der Waals surface area contributed by atoms with Gasteiger partial charge in [-0.05, 0) is 112 Å². The Morgan fingerprint density at radius 2 is 1.72 bits per heavy atom. The van der Waals surface area contributed by atoms with Crippen LogP contribution in [0.25, 0.3) is 0 Å². The van der Waals surface area contributed by atoms with Crippen molar-refractivity contribution in [1.82, 2.24) is 10.2 Å². The summed E-state index contributed by atoms with van der Waals surface area (Å²) in [6.07, 6.45) is 11.1. The Morgan fingerprint density at radius 3 is 2.47 bits per heavy atom. The van der Waals surface area contributed by atoms with E-state index in [9.17, 15) is 9.59 Å². The number of hydrogen-bond acceptors (Lipinski definition) is 5. The third-order valence-corrected chi connectivity index (χ3v) is 10.3. The van der Waals surface area contributed by atoms with Gasteiger partial charge in [-0.3, -0.25) is 14.5 Å². The Balaban J connectivity index is 1.44. The van der Waals surface area contributed by atoms with Crippen molar-refractivity contribution in [3.05, 3.63) is 59.2 Å². The fourth-order valence-corrected chi connectivity index (χ4v) is 8.31. The van der Waals surface area contributed by atoms with Crippen LogP contribution in [0.1, 0.15) is 114 Å². The second-order valence-electron chi connectivity index (χ2n) is 13.2. The van der Waals surface area contributed by atoms with Gasteiger partial charge in [0.05, 0.1) is 12.6 Å². The molecule has 0 spiro atoms. The Bertz CT molecular complexity index is 1230. The maximum atomic E-state index is 13.3. The van der Waals surface area contributed by atoms with Gasteiger partial charge in [0.2, 0.25) is 5.91 Å². The molecule has 0 aromatic heterocycles. The van der Waals surface area contributed by atoms with Crippen LogP contribution in [-0.4, -0.2) is 48.6 Å². The maximum absolute atomic E-state index is 13.3. The van der Waals surface area contributed by atoms with Crippen molar-refractivity contribution >= 4 is 11.9 Å². The fraction of sp³-hybridized carbons (Fsp3) is 0.622. The van der Waals surface area contributed by atoms with E-state index in [2.05, 4.69) is 67.4 Å². The number of likely N-dealkylation sites (N-methyl/N-ethyl adjacent to an activating group) is 1. The van der Waals surface area contributed by atoms with Crippen molar-refractivity contribution in [2.45, 2.75) is 116 Å². The lowest BCUT2D eigenvalue weighted by molar-refractivity contribution is -0.135. The summed E-state index contributed by atoms with van der Waals surface area (Å²) in [4.78, 5) is 27.4. The molecule has 1 amide bonds. The summed E-state index contributed by atoms with van der Waals surface area (Å²) in [7, 11) is 0. The number of nitrogens with zero attached hydrogens (tertiary/aromatic N) is 1. The minimum absolute atomic E-state index is 0.0332. The SMILES string of the molecule is CCN(CC)CC(=O)Oc1cc(OC(C)CCCc2ccccc2)cc2c1C1CC(NC(C)=O)CCC1C1CCCCC21. The molecule has 0 radical (unpaired) electrons. The minimum atomic E-state index is -0.213. The van der Waals surface area contributed by atoms with Gasteiger partial charge >= 0.3 is 5.97 Å². The Hall–Kier alpha value is -2.86. The molecule has 234 valence electrons. The van der Waals surface area contributed by atoms with E-state index in [4.69, 9.17) is 9.47 Å². The second kappa shape index (κ2) is 14.7. The largest absolute Gasteiger partial charge is 0.491 e. The predicted octanol–water partition coefficient (Wildman–Crippen LogP) is 7.40. The first kappa shape index (κ1) is 31.6. The molecule has 2 saturated carbocycles. The van der Waals surface area contributed by atoms with E-state index in [1.165, 1.54) is 42.4 Å². The van der Waals surface area contributed by atoms with Crippen LogP contribution in [0.2, 0.25) is 0 Å². The number of fused-ring (bicyclic) bond motifs is 6. The molecular weight excluding hydrogens is 536 g/mol. The molecule has 6 unspecified atom stereocenters. The summed E-state index contributed by atoms with van der Waals surface area (Å²) in [5.74, 6) is 3.26. The lowest BCUT2D eigenvalue weighted by Crippen LogP contribution is -2.44. The molecule has 3 aliphatic rings. The zero-order valence-corrected chi connectivity index (χ0v) is 26.8. The molecule has 5 rings (SSSR count). The quantitative estimate of drug-likeness (QED) is 0.207. The van der Waals surface area contributed by atoms with Crippen molar-refractivity contribution < 1.29 is 19.1 Å². The van der Waals surface area contributed by atoms with Crippen molar-refractivity contribution in [2.75, 3.05) is 19.6 Å². The Morgan fingerprint density at radius 1 is 0.977 bits per heavy atom. The van der Waals surface area contributed by atoms with Gasteiger partial charge in [-0.15, -0.1) is 0 Å². The number of nitrogens with one attached hydrogen (secondary N) is 1. The monoisotopic (exact) mass is 588 g/mol. The number of ether oxygens (including phenoxy) is 2. The van der Waals surface area contributed by atoms with Crippen LogP contribution in [0, 0.1) is 11.8 Å². The molecule has 6 nitrogen and oxygen atoms in total. The van der Waals surface area contributed by atoms with Gasteiger partial charge in [0.1, 0.15) is 11.5 Å². The second-order valence-corrected chi connectivity index (χ2v) is 13.2. The van der Waals surface area contributed by atoms with Crippen LogP contribution in [0.15, 0.2) is 42.5 Å². The van der Waals surface area contributed by atoms with Crippen molar-refractivity contribution in [1.29, 1.82) is 0 Å². The number of aryl methyl sites for hydroxylation is 1. The van der Waals surface area contributed by atoms with Gasteiger partial charge < -0.3 is 14.8 Å². The lowest BCUT2D eigenvalue weighted by atomic mass is 9.55. The summed E-state index contributed by atoms with van der Waals surface area (Å²) in [6.45, 7) is 9.80. The topological polar surface area (TPSA) is 67.9 Å². The summed E-state index contributed by atoms with van der Waals surface area (Å²) < 4.78 is 12.9. The molecule has 2 aromatic rings. The van der Waals surface area contributed by atoms with Gasteiger partial charge in [-0.2, -0.15) is 0 Å². The van der Waals surface area contributed by atoms with Crippen molar-refractivity contribution in [3.8, 4) is 11.5 Å². The van der Waals surface area contributed by atoms with E-state index in [-0.39, 0.29) is 36.5 Å². The normalized spacial score (nSPS) is 25.2. The van der Waals surface area contributed by atoms with E-state index >= 15 is 0 Å². The maximum Gasteiger partial charge on any atom is 0.325 e. The van der Waals surface area contributed by atoms with Gasteiger partial charge in [-0.1, -0.05) is 57.0 Å². The van der Waals surface area contributed by atoms with Crippen LogP contribution < -0.4 is 14.8 Å². The van der Waals surface area contributed by atoms with Crippen LogP contribution in [0.5, 0.6) is 11.5 Å². The number of rotatable bonds is 12. The highest BCUT2D eigenvalue weighted by Crippen LogP contribution is 2.59. The average Bonchev–Trinajstić information content (AvgIpc) is 3.00. The first-order chi connectivity index (χ1) is 20.9. The van der Waals surface area contributed by atoms with Gasteiger partial charge in [-0.25, -0.2) is 0 Å². The number of carbonyl (C=O) groups is 2. The number of benzene rings is 2. The minimum Gasteiger partial charge on any atom is -0.491 e. The van der Waals surface area contributed by atoms with Crippen LogP contribution in [0.4, 0.5) is 0 Å². The molecule has 0 saturated heterocycles. The van der Waals surface area contributed by atoms with Gasteiger partial charge in [0.15, 0.2) is 0 Å². The standard InChI is InChI=1S/C37H52N2O4/c1-5-39(6-2)24-36(41)43-35-23-29(42-25(3)13-12-16-27-14-8-7-9-15-27)22-34-31-18-11-10-17-30(31)32-20-19-28(38-26(4)40)21-33(32)37(34)35/h7-9,14-15,22-23,25,28,30-33H,5-6,10-13,16-21,24H2,1-4H3,(H,38,40). The molecule has 2 fully saturated rings. The molecule has 0 bridgehead atoms. The molecule has 0 heterocycles. The van der Waals surface area contributed by atoms with Gasteiger partial charge in [0.25, 0.3) is 0 Å². The molecular formula is C37H52N2O4. The average molecular weight is 589 g/mol. The van der Waals surface area contributed by atoms with E-state index in [1.54, 1.807) is 6.92 Å². The lowest BCUT2D eigenvalue weighted by Gasteiger charge is -2.50. The van der Waals surface area contributed by atoms with E-state index < -0.39 is 0 Å². The smallest absolute Gasteiger partial charge is 0.325 e. The number of esters is 1. The van der Waals surface area contributed by atoms with Gasteiger partial charge in [0, 0.05) is 24.6 Å². The third kappa shape index (κ3) is 7.81. The Labute approximate surface area is 258 Å². The van der Waals surface area contributed by atoms with Crippen LogP contribution in [-0.2, 0) is 16.0 Å². The first-order valence-corrected chi connectivity index (χ1v) is 16.9. The molecule has 6 heteroatoms. The van der Waals surface area contributed by atoms with Crippen molar-refractivity contribution in [2.24, 2.45) is 11.8 Å². The van der Waals surface area contributed by atoms with Crippen molar-refractivity contribution in [3.63, 3.8) is 0 Å². The summed E-state index contributed by atoms with van der Waals surface area (Å²) in [5.41, 5.74) is 3.89. The Kier molecular flexibility index (Phi) is 10.8. The molecule has 2 aromatic carbocycles. The fourth-order valence-electron chi connectivity index (χ4n) is 8.31. The zero-order valence-electron chi connectivity index (χ0n) is 26.8. The number of carbonyl (C=O) groups excluding carboxylic acids is 2.